The molecule has 2 aromatic carbocycles. The smallest absolute Gasteiger partial charge is 0.0416 e. The largest absolute Gasteiger partial charge is 0.298 e. The van der Waals surface area contributed by atoms with Gasteiger partial charge >= 0.3 is 0 Å². The number of hydrogen-bond donors (Lipinski definition) is 0. The van der Waals surface area contributed by atoms with E-state index >= 15 is 0 Å². The van der Waals surface area contributed by atoms with E-state index in [1.807, 2.05) is 12.3 Å². The van der Waals surface area contributed by atoms with E-state index in [9.17, 15) is 0 Å². The SMILES string of the molecule is c1ccc([C@@H]2CN(CCc3ccccn3)Cc3ccccc32)cc1. The molecule has 0 amide bonds. The molecule has 0 unspecified atom stereocenters. The molecule has 0 radical (unpaired) electrons. The molecule has 120 valence electrons. The summed E-state index contributed by atoms with van der Waals surface area (Å²) in [5.74, 6) is 0.458. The maximum absolute atomic E-state index is 4.46. The number of fused-ring (bicyclic) bond motifs is 1. The first-order chi connectivity index (χ1) is 11.9. The second-order valence-corrected chi connectivity index (χ2v) is 6.47. The lowest BCUT2D eigenvalue weighted by Gasteiger charge is -2.35. The van der Waals surface area contributed by atoms with Gasteiger partial charge in [-0.15, -0.1) is 0 Å². The minimum atomic E-state index is 0.458. The Morgan fingerprint density at radius 1 is 0.875 bits per heavy atom. The average molecular weight is 314 g/mol. The van der Waals surface area contributed by atoms with Crippen LogP contribution in [-0.2, 0) is 13.0 Å². The van der Waals surface area contributed by atoms with Gasteiger partial charge in [-0.3, -0.25) is 9.88 Å². The molecule has 0 spiro atoms. The van der Waals surface area contributed by atoms with Gasteiger partial charge in [0.1, 0.15) is 0 Å². The molecule has 0 N–H and O–H groups in total. The van der Waals surface area contributed by atoms with Crippen molar-refractivity contribution in [1.82, 2.24) is 9.88 Å². The van der Waals surface area contributed by atoms with E-state index in [0.717, 1.165) is 26.1 Å². The highest BCUT2D eigenvalue weighted by molar-refractivity contribution is 5.40. The number of benzene rings is 2. The van der Waals surface area contributed by atoms with Gasteiger partial charge in [0, 0.05) is 43.9 Å². The fourth-order valence-corrected chi connectivity index (χ4v) is 3.64. The zero-order valence-electron chi connectivity index (χ0n) is 13.8. The number of nitrogens with zero attached hydrogens (tertiary/aromatic N) is 2. The quantitative estimate of drug-likeness (QED) is 0.715. The molecule has 24 heavy (non-hydrogen) atoms. The van der Waals surface area contributed by atoms with Crippen LogP contribution in [0.15, 0.2) is 79.0 Å². The van der Waals surface area contributed by atoms with E-state index in [1.54, 1.807) is 0 Å². The summed E-state index contributed by atoms with van der Waals surface area (Å²) in [5, 5.41) is 0. The van der Waals surface area contributed by atoms with Crippen LogP contribution in [0.2, 0.25) is 0 Å². The molecule has 2 heterocycles. The fraction of sp³-hybridized carbons (Fsp3) is 0.227. The molecular weight excluding hydrogens is 292 g/mol. The predicted octanol–water partition coefficient (Wildman–Crippen LogP) is 4.27. The Morgan fingerprint density at radius 2 is 1.67 bits per heavy atom. The van der Waals surface area contributed by atoms with Crippen LogP contribution in [0, 0.1) is 0 Å². The molecule has 1 atom stereocenters. The fourth-order valence-electron chi connectivity index (χ4n) is 3.64. The van der Waals surface area contributed by atoms with Crippen molar-refractivity contribution in [2.24, 2.45) is 0 Å². The number of hydrogen-bond acceptors (Lipinski definition) is 2. The van der Waals surface area contributed by atoms with Crippen molar-refractivity contribution in [2.75, 3.05) is 13.1 Å². The summed E-state index contributed by atoms with van der Waals surface area (Å²) in [4.78, 5) is 7.02. The van der Waals surface area contributed by atoms with Gasteiger partial charge in [-0.1, -0.05) is 60.7 Å². The number of rotatable bonds is 4. The van der Waals surface area contributed by atoms with Crippen LogP contribution in [0.5, 0.6) is 0 Å². The summed E-state index contributed by atoms with van der Waals surface area (Å²) in [6.45, 7) is 3.16. The lowest BCUT2D eigenvalue weighted by molar-refractivity contribution is 0.243. The lowest BCUT2D eigenvalue weighted by Crippen LogP contribution is -2.35. The van der Waals surface area contributed by atoms with Crippen LogP contribution < -0.4 is 0 Å². The summed E-state index contributed by atoms with van der Waals surface area (Å²) in [6, 6.07) is 25.9. The van der Waals surface area contributed by atoms with E-state index in [4.69, 9.17) is 0 Å². The molecule has 4 rings (SSSR count). The van der Waals surface area contributed by atoms with Crippen molar-refractivity contribution in [3.8, 4) is 0 Å². The monoisotopic (exact) mass is 314 g/mol. The van der Waals surface area contributed by atoms with Crippen molar-refractivity contribution >= 4 is 0 Å². The molecule has 1 aliphatic heterocycles. The minimum absolute atomic E-state index is 0.458. The maximum Gasteiger partial charge on any atom is 0.0416 e. The lowest BCUT2D eigenvalue weighted by atomic mass is 9.84. The Morgan fingerprint density at radius 3 is 2.50 bits per heavy atom. The van der Waals surface area contributed by atoms with Gasteiger partial charge in [-0.05, 0) is 28.8 Å². The zero-order valence-corrected chi connectivity index (χ0v) is 13.8. The van der Waals surface area contributed by atoms with E-state index in [0.29, 0.717) is 5.92 Å². The molecule has 0 fully saturated rings. The summed E-state index contributed by atoms with van der Waals surface area (Å²) in [6.07, 6.45) is 2.89. The van der Waals surface area contributed by atoms with Crippen LogP contribution in [0.3, 0.4) is 0 Å². The number of aromatic nitrogens is 1. The third kappa shape index (κ3) is 3.24. The number of pyridine rings is 1. The molecule has 0 saturated heterocycles. The van der Waals surface area contributed by atoms with E-state index in [-0.39, 0.29) is 0 Å². The molecule has 0 aliphatic carbocycles. The van der Waals surface area contributed by atoms with Gasteiger partial charge in [0.25, 0.3) is 0 Å². The zero-order chi connectivity index (χ0) is 16.2. The minimum Gasteiger partial charge on any atom is -0.298 e. The second kappa shape index (κ2) is 6.98. The average Bonchev–Trinajstić information content (AvgIpc) is 2.67. The van der Waals surface area contributed by atoms with E-state index in [2.05, 4.69) is 76.6 Å². The normalized spacial score (nSPS) is 17.4. The summed E-state index contributed by atoms with van der Waals surface area (Å²) in [7, 11) is 0. The third-order valence-electron chi connectivity index (χ3n) is 4.88. The Labute approximate surface area is 143 Å². The van der Waals surface area contributed by atoms with Gasteiger partial charge in [0.2, 0.25) is 0 Å². The van der Waals surface area contributed by atoms with Gasteiger partial charge < -0.3 is 0 Å². The van der Waals surface area contributed by atoms with Crippen LogP contribution in [0.1, 0.15) is 28.3 Å². The standard InChI is InChI=1S/C22H22N2/c1-2-8-18(9-3-1)22-17-24(15-13-20-11-6-7-14-23-20)16-19-10-4-5-12-21(19)22/h1-12,14,22H,13,15-17H2/t22-/m0/s1. The molecule has 2 nitrogen and oxygen atoms in total. The Hall–Kier alpha value is -2.45. The van der Waals surface area contributed by atoms with Gasteiger partial charge in [0.15, 0.2) is 0 Å². The highest BCUT2D eigenvalue weighted by Crippen LogP contribution is 2.33. The summed E-state index contributed by atoms with van der Waals surface area (Å²) in [5.41, 5.74) is 5.52. The van der Waals surface area contributed by atoms with Gasteiger partial charge in [-0.2, -0.15) is 0 Å². The van der Waals surface area contributed by atoms with E-state index in [1.165, 1.54) is 22.4 Å². The molecule has 0 saturated carbocycles. The van der Waals surface area contributed by atoms with Crippen LogP contribution in [-0.4, -0.2) is 23.0 Å². The summed E-state index contributed by atoms with van der Waals surface area (Å²) < 4.78 is 0. The predicted molar refractivity (Wildman–Crippen MR) is 97.9 cm³/mol. The third-order valence-corrected chi connectivity index (χ3v) is 4.88. The van der Waals surface area contributed by atoms with Crippen molar-refractivity contribution in [3.05, 3.63) is 101 Å². The van der Waals surface area contributed by atoms with Crippen LogP contribution >= 0.6 is 0 Å². The van der Waals surface area contributed by atoms with Crippen molar-refractivity contribution in [3.63, 3.8) is 0 Å². The first kappa shape index (κ1) is 15.1. The Balaban J connectivity index is 1.56. The molecular formula is C22H22N2. The van der Waals surface area contributed by atoms with E-state index < -0.39 is 0 Å². The molecule has 3 aromatic rings. The highest BCUT2D eigenvalue weighted by atomic mass is 15.1. The Kier molecular flexibility index (Phi) is 4.39. The highest BCUT2D eigenvalue weighted by Gasteiger charge is 2.25. The van der Waals surface area contributed by atoms with Crippen molar-refractivity contribution < 1.29 is 0 Å². The molecule has 1 aromatic heterocycles. The van der Waals surface area contributed by atoms with Crippen molar-refractivity contribution in [1.29, 1.82) is 0 Å². The maximum atomic E-state index is 4.46. The van der Waals surface area contributed by atoms with Gasteiger partial charge in [-0.25, -0.2) is 0 Å². The second-order valence-electron chi connectivity index (χ2n) is 6.47. The van der Waals surface area contributed by atoms with Crippen LogP contribution in [0.4, 0.5) is 0 Å². The first-order valence-corrected chi connectivity index (χ1v) is 8.65. The topological polar surface area (TPSA) is 16.1 Å². The Bertz CT molecular complexity index is 783. The molecule has 0 bridgehead atoms. The van der Waals surface area contributed by atoms with Crippen LogP contribution in [0.25, 0.3) is 0 Å². The molecule has 1 aliphatic rings. The first-order valence-electron chi connectivity index (χ1n) is 8.65. The van der Waals surface area contributed by atoms with Crippen molar-refractivity contribution in [2.45, 2.75) is 18.9 Å². The van der Waals surface area contributed by atoms with Gasteiger partial charge in [0.05, 0.1) is 0 Å². The molecule has 2 heteroatoms. The summed E-state index contributed by atoms with van der Waals surface area (Å²) >= 11 is 0.